The normalized spacial score (nSPS) is 23.0. The highest BCUT2D eigenvalue weighted by Crippen LogP contribution is 2.31. The standard InChI is InChI=1S/C14H16N2O2S2/c17-13-12(9-11-5-4-8-18-11)20-14(19)16(13)10-15-6-2-1-3-7-15/h4-5,8-9H,1-3,6-7,10H2/p+1/b12-9-. The quantitative estimate of drug-likeness (QED) is 0.678. The van der Waals surface area contributed by atoms with Crippen LogP contribution < -0.4 is 4.90 Å². The summed E-state index contributed by atoms with van der Waals surface area (Å²) in [4.78, 5) is 16.2. The second-order valence-corrected chi connectivity index (χ2v) is 6.77. The number of nitrogens with one attached hydrogen (secondary N) is 1. The van der Waals surface area contributed by atoms with Gasteiger partial charge in [0.05, 0.1) is 24.3 Å². The molecular formula is C14H17N2O2S2+. The van der Waals surface area contributed by atoms with Gasteiger partial charge in [0.2, 0.25) is 0 Å². The minimum absolute atomic E-state index is 0.00877. The molecule has 1 N–H and O–H groups in total. The Morgan fingerprint density at radius 1 is 1.40 bits per heavy atom. The summed E-state index contributed by atoms with van der Waals surface area (Å²) in [6, 6.07) is 3.65. The maximum Gasteiger partial charge on any atom is 0.270 e. The molecule has 0 atom stereocenters. The molecule has 2 aliphatic heterocycles. The van der Waals surface area contributed by atoms with Gasteiger partial charge in [-0.15, -0.1) is 0 Å². The molecule has 106 valence electrons. The van der Waals surface area contributed by atoms with Gasteiger partial charge in [-0.2, -0.15) is 0 Å². The summed E-state index contributed by atoms with van der Waals surface area (Å²) in [5, 5.41) is 0. The molecule has 0 saturated carbocycles. The highest BCUT2D eigenvalue weighted by molar-refractivity contribution is 8.26. The lowest BCUT2D eigenvalue weighted by molar-refractivity contribution is -0.911. The van der Waals surface area contributed by atoms with Crippen molar-refractivity contribution in [2.45, 2.75) is 19.3 Å². The van der Waals surface area contributed by atoms with E-state index >= 15 is 0 Å². The van der Waals surface area contributed by atoms with Crippen molar-refractivity contribution in [3.63, 3.8) is 0 Å². The Kier molecular flexibility index (Phi) is 4.24. The molecule has 2 fully saturated rings. The Hall–Kier alpha value is -1.11. The molecule has 6 heteroatoms. The molecule has 20 heavy (non-hydrogen) atoms. The molecule has 0 aromatic carbocycles. The Balaban J connectivity index is 1.70. The van der Waals surface area contributed by atoms with E-state index in [-0.39, 0.29) is 5.91 Å². The van der Waals surface area contributed by atoms with Crippen molar-refractivity contribution in [3.8, 4) is 0 Å². The average Bonchev–Trinajstić information content (AvgIpc) is 3.05. The number of quaternary nitrogens is 1. The number of rotatable bonds is 3. The number of carbonyl (C=O) groups is 1. The number of thioether (sulfide) groups is 1. The van der Waals surface area contributed by atoms with Crippen LogP contribution in [0.25, 0.3) is 6.08 Å². The maximum absolute atomic E-state index is 12.4. The fourth-order valence-corrected chi connectivity index (χ4v) is 3.81. The third-order valence-electron chi connectivity index (χ3n) is 3.63. The molecule has 0 spiro atoms. The average molecular weight is 309 g/mol. The predicted octanol–water partition coefficient (Wildman–Crippen LogP) is 1.51. The van der Waals surface area contributed by atoms with Crippen molar-refractivity contribution in [2.75, 3.05) is 19.8 Å². The number of nitrogens with zero attached hydrogens (tertiary/aromatic N) is 1. The summed E-state index contributed by atoms with van der Waals surface area (Å²) in [6.07, 6.45) is 7.16. The summed E-state index contributed by atoms with van der Waals surface area (Å²) < 4.78 is 5.91. The Morgan fingerprint density at radius 3 is 2.90 bits per heavy atom. The van der Waals surface area contributed by atoms with Crippen LogP contribution >= 0.6 is 24.0 Å². The fourth-order valence-electron chi connectivity index (χ4n) is 2.57. The van der Waals surface area contributed by atoms with Crippen molar-refractivity contribution in [2.24, 2.45) is 0 Å². The largest absolute Gasteiger partial charge is 0.465 e. The van der Waals surface area contributed by atoms with Gasteiger partial charge < -0.3 is 9.32 Å². The highest BCUT2D eigenvalue weighted by atomic mass is 32.2. The summed E-state index contributed by atoms with van der Waals surface area (Å²) in [5.74, 6) is 0.699. The molecule has 2 saturated heterocycles. The summed E-state index contributed by atoms with van der Waals surface area (Å²) in [6.45, 7) is 2.96. The molecule has 2 aliphatic rings. The lowest BCUT2D eigenvalue weighted by atomic mass is 10.1. The number of hydrogen-bond donors (Lipinski definition) is 1. The van der Waals surface area contributed by atoms with E-state index in [4.69, 9.17) is 16.6 Å². The van der Waals surface area contributed by atoms with Crippen LogP contribution in [0, 0.1) is 0 Å². The van der Waals surface area contributed by atoms with E-state index in [1.807, 2.05) is 12.1 Å². The molecule has 1 amide bonds. The molecule has 1 aromatic heterocycles. The van der Waals surface area contributed by atoms with E-state index < -0.39 is 0 Å². The van der Waals surface area contributed by atoms with Crippen molar-refractivity contribution >= 4 is 40.3 Å². The van der Waals surface area contributed by atoms with Gasteiger partial charge in [-0.25, -0.2) is 4.90 Å². The molecule has 0 unspecified atom stereocenters. The minimum atomic E-state index is 0.00877. The van der Waals surface area contributed by atoms with Crippen LogP contribution in [-0.2, 0) is 4.79 Å². The first-order chi connectivity index (χ1) is 9.74. The SMILES string of the molecule is O=C1/C(=C/c2ccco2)SC(=S)N1C[NH+]1CCCCC1. The van der Waals surface area contributed by atoms with E-state index in [0.29, 0.717) is 21.7 Å². The monoisotopic (exact) mass is 309 g/mol. The van der Waals surface area contributed by atoms with E-state index in [1.54, 1.807) is 17.2 Å². The second kappa shape index (κ2) is 6.11. The van der Waals surface area contributed by atoms with E-state index in [9.17, 15) is 4.79 Å². The minimum Gasteiger partial charge on any atom is -0.465 e. The van der Waals surface area contributed by atoms with Crippen molar-refractivity contribution in [1.29, 1.82) is 0 Å². The zero-order valence-corrected chi connectivity index (χ0v) is 12.8. The Morgan fingerprint density at radius 2 is 2.20 bits per heavy atom. The first-order valence-electron chi connectivity index (χ1n) is 6.86. The van der Waals surface area contributed by atoms with Gasteiger partial charge >= 0.3 is 0 Å². The molecular weight excluding hydrogens is 292 g/mol. The zero-order chi connectivity index (χ0) is 13.9. The van der Waals surface area contributed by atoms with Gasteiger partial charge in [0, 0.05) is 6.08 Å². The van der Waals surface area contributed by atoms with E-state index in [1.165, 1.54) is 35.9 Å². The molecule has 1 aromatic rings. The third-order valence-corrected chi connectivity index (χ3v) is 5.01. The number of carbonyl (C=O) groups excluding carboxylic acids is 1. The highest BCUT2D eigenvalue weighted by Gasteiger charge is 2.35. The van der Waals surface area contributed by atoms with Gasteiger partial charge in [0.15, 0.2) is 11.0 Å². The molecule has 0 radical (unpaired) electrons. The topological polar surface area (TPSA) is 37.9 Å². The van der Waals surface area contributed by atoms with Crippen LogP contribution in [-0.4, -0.2) is 34.9 Å². The number of amides is 1. The second-order valence-electron chi connectivity index (χ2n) is 5.09. The van der Waals surface area contributed by atoms with Gasteiger partial charge in [0.1, 0.15) is 5.76 Å². The number of furan rings is 1. The predicted molar refractivity (Wildman–Crippen MR) is 83.1 cm³/mol. The van der Waals surface area contributed by atoms with E-state index in [2.05, 4.69) is 0 Å². The molecule has 4 nitrogen and oxygen atoms in total. The van der Waals surface area contributed by atoms with Crippen LogP contribution in [0.4, 0.5) is 0 Å². The molecule has 3 heterocycles. The van der Waals surface area contributed by atoms with Crippen LogP contribution in [0.2, 0.25) is 0 Å². The van der Waals surface area contributed by atoms with Gasteiger partial charge in [0.25, 0.3) is 5.91 Å². The Labute approximate surface area is 127 Å². The molecule has 0 aliphatic carbocycles. The summed E-state index contributed by atoms with van der Waals surface area (Å²) in [7, 11) is 0. The maximum atomic E-state index is 12.4. The van der Waals surface area contributed by atoms with Crippen LogP contribution in [0.5, 0.6) is 0 Å². The number of likely N-dealkylation sites (tertiary alicyclic amines) is 1. The van der Waals surface area contributed by atoms with Crippen molar-refractivity contribution in [3.05, 3.63) is 29.1 Å². The summed E-state index contributed by atoms with van der Waals surface area (Å²) >= 11 is 6.71. The van der Waals surface area contributed by atoms with Gasteiger partial charge in [-0.1, -0.05) is 24.0 Å². The molecule has 0 bridgehead atoms. The van der Waals surface area contributed by atoms with Crippen molar-refractivity contribution < 1.29 is 14.1 Å². The number of hydrogen-bond acceptors (Lipinski definition) is 4. The lowest BCUT2D eigenvalue weighted by Crippen LogP contribution is -3.14. The van der Waals surface area contributed by atoms with E-state index in [0.717, 1.165) is 13.1 Å². The number of thiocarbonyl (C=S) groups is 1. The van der Waals surface area contributed by atoms with Crippen LogP contribution in [0.3, 0.4) is 0 Å². The van der Waals surface area contributed by atoms with Crippen LogP contribution in [0.15, 0.2) is 27.7 Å². The summed E-state index contributed by atoms with van der Waals surface area (Å²) in [5.41, 5.74) is 0. The van der Waals surface area contributed by atoms with Crippen molar-refractivity contribution in [1.82, 2.24) is 4.90 Å². The Bertz CT molecular complexity index is 533. The fraction of sp³-hybridized carbons (Fsp3) is 0.429. The van der Waals surface area contributed by atoms with Gasteiger partial charge in [-0.3, -0.25) is 4.79 Å². The third kappa shape index (κ3) is 2.97. The lowest BCUT2D eigenvalue weighted by Gasteiger charge is -2.27. The first kappa shape index (κ1) is 13.9. The molecule has 3 rings (SSSR count). The van der Waals surface area contributed by atoms with Gasteiger partial charge in [-0.05, 0) is 31.4 Å². The smallest absolute Gasteiger partial charge is 0.270 e. The zero-order valence-electron chi connectivity index (χ0n) is 11.1. The number of piperidine rings is 1. The first-order valence-corrected chi connectivity index (χ1v) is 8.09. The van der Waals surface area contributed by atoms with Crippen LogP contribution in [0.1, 0.15) is 25.0 Å².